The molecule has 0 aromatic heterocycles. The number of aryl methyl sites for hydroxylation is 1. The van der Waals surface area contributed by atoms with Crippen LogP contribution in [-0.4, -0.2) is 35.5 Å². The zero-order valence-electron chi connectivity index (χ0n) is 13.7. The molecule has 0 saturated heterocycles. The Labute approximate surface area is 131 Å². The zero-order valence-corrected chi connectivity index (χ0v) is 14.5. The van der Waals surface area contributed by atoms with Crippen molar-refractivity contribution in [2.75, 3.05) is 26.0 Å². The molecule has 0 spiro atoms. The lowest BCUT2D eigenvalue weighted by Gasteiger charge is -2.25. The summed E-state index contributed by atoms with van der Waals surface area (Å²) in [5, 5.41) is 3.58. The Morgan fingerprint density at radius 2 is 1.90 bits per heavy atom. The van der Waals surface area contributed by atoms with Gasteiger partial charge in [0.2, 0.25) is 0 Å². The molecule has 1 rings (SSSR count). The van der Waals surface area contributed by atoms with Gasteiger partial charge in [0, 0.05) is 36.3 Å². The Hall–Kier alpha value is -0.710. The summed E-state index contributed by atoms with van der Waals surface area (Å²) in [6.07, 6.45) is 1.89. The van der Waals surface area contributed by atoms with Crippen LogP contribution in [0.2, 0.25) is 0 Å². The standard InChI is InChI=1S/C17H29NO2S/c1-5-15-8-10-16(11-9-15)17(18-6-2)14(3)21(19)13-7-12-20-4/h8-11,14,17-18H,5-7,12-13H2,1-4H3. The summed E-state index contributed by atoms with van der Waals surface area (Å²) in [5.74, 6) is 0.698. The van der Waals surface area contributed by atoms with Gasteiger partial charge in [-0.2, -0.15) is 0 Å². The molecule has 0 fully saturated rings. The molecule has 120 valence electrons. The van der Waals surface area contributed by atoms with E-state index in [9.17, 15) is 4.21 Å². The summed E-state index contributed by atoms with van der Waals surface area (Å²) >= 11 is 0. The van der Waals surface area contributed by atoms with E-state index in [0.29, 0.717) is 12.4 Å². The molecular formula is C17H29NO2S. The molecule has 0 aliphatic carbocycles. The molecule has 3 nitrogen and oxygen atoms in total. The third kappa shape index (κ3) is 5.89. The Bertz CT molecular complexity index is 419. The number of hydrogen-bond acceptors (Lipinski definition) is 3. The Morgan fingerprint density at radius 3 is 2.43 bits per heavy atom. The fraction of sp³-hybridized carbons (Fsp3) is 0.647. The first-order valence-electron chi connectivity index (χ1n) is 7.82. The van der Waals surface area contributed by atoms with E-state index in [1.54, 1.807) is 7.11 Å². The predicted octanol–water partition coefficient (Wildman–Crippen LogP) is 3.07. The molecule has 3 atom stereocenters. The van der Waals surface area contributed by atoms with Crippen molar-refractivity contribution < 1.29 is 8.95 Å². The van der Waals surface area contributed by atoms with Gasteiger partial charge >= 0.3 is 0 Å². The summed E-state index contributed by atoms with van der Waals surface area (Å²) in [5.41, 5.74) is 2.56. The fourth-order valence-corrected chi connectivity index (χ4v) is 3.75. The number of hydrogen-bond donors (Lipinski definition) is 1. The van der Waals surface area contributed by atoms with Gasteiger partial charge in [0.05, 0.1) is 5.25 Å². The molecule has 0 bridgehead atoms. The normalized spacial score (nSPS) is 15.6. The Kier molecular flexibility index (Phi) is 8.81. The van der Waals surface area contributed by atoms with Crippen molar-refractivity contribution in [2.45, 2.75) is 44.9 Å². The highest BCUT2D eigenvalue weighted by Gasteiger charge is 2.23. The van der Waals surface area contributed by atoms with E-state index in [4.69, 9.17) is 4.74 Å². The smallest absolute Gasteiger partial charge is 0.0514 e. The number of benzene rings is 1. The molecule has 3 unspecified atom stereocenters. The SMILES string of the molecule is CCNC(c1ccc(CC)cc1)C(C)S(=O)CCCOC. The van der Waals surface area contributed by atoms with Crippen LogP contribution in [0.15, 0.2) is 24.3 Å². The van der Waals surface area contributed by atoms with Crippen LogP contribution in [0.5, 0.6) is 0 Å². The average molecular weight is 311 g/mol. The highest BCUT2D eigenvalue weighted by Crippen LogP contribution is 2.22. The maximum atomic E-state index is 12.4. The number of rotatable bonds is 10. The van der Waals surface area contributed by atoms with Gasteiger partial charge in [-0.15, -0.1) is 0 Å². The summed E-state index contributed by atoms with van der Waals surface area (Å²) in [7, 11) is 0.836. The van der Waals surface area contributed by atoms with Crippen LogP contribution in [0, 0.1) is 0 Å². The second-order valence-corrected chi connectivity index (χ2v) is 7.18. The van der Waals surface area contributed by atoms with E-state index < -0.39 is 10.8 Å². The lowest BCUT2D eigenvalue weighted by Crippen LogP contribution is -2.34. The molecule has 0 heterocycles. The third-order valence-electron chi connectivity index (χ3n) is 3.75. The molecule has 1 aromatic carbocycles. The quantitative estimate of drug-likeness (QED) is 0.675. The highest BCUT2D eigenvalue weighted by molar-refractivity contribution is 7.85. The largest absolute Gasteiger partial charge is 0.385 e. The van der Waals surface area contributed by atoms with Crippen molar-refractivity contribution in [3.05, 3.63) is 35.4 Å². The minimum absolute atomic E-state index is 0.0919. The van der Waals surface area contributed by atoms with Gasteiger partial charge in [-0.1, -0.05) is 38.1 Å². The van der Waals surface area contributed by atoms with Crippen LogP contribution in [-0.2, 0) is 22.0 Å². The molecule has 1 N–H and O–H groups in total. The molecule has 0 radical (unpaired) electrons. The third-order valence-corrected chi connectivity index (χ3v) is 5.54. The lowest BCUT2D eigenvalue weighted by molar-refractivity contribution is 0.200. The van der Waals surface area contributed by atoms with Crippen LogP contribution in [0.3, 0.4) is 0 Å². The molecule has 0 aliphatic heterocycles. The maximum Gasteiger partial charge on any atom is 0.0514 e. The minimum atomic E-state index is -0.848. The zero-order chi connectivity index (χ0) is 15.7. The van der Waals surface area contributed by atoms with Crippen molar-refractivity contribution in [2.24, 2.45) is 0 Å². The van der Waals surface area contributed by atoms with Crippen molar-refractivity contribution in [1.82, 2.24) is 5.32 Å². The van der Waals surface area contributed by atoms with Crippen LogP contribution >= 0.6 is 0 Å². The summed E-state index contributed by atoms with van der Waals surface area (Å²) in [6, 6.07) is 8.80. The predicted molar refractivity (Wildman–Crippen MR) is 91.2 cm³/mol. The first-order chi connectivity index (χ1) is 10.1. The lowest BCUT2D eigenvalue weighted by atomic mass is 10.0. The van der Waals surface area contributed by atoms with Gasteiger partial charge in [-0.3, -0.25) is 4.21 Å². The second kappa shape index (κ2) is 10.1. The average Bonchev–Trinajstić information content (AvgIpc) is 2.52. The first kappa shape index (κ1) is 18.3. The van der Waals surface area contributed by atoms with Crippen LogP contribution in [0.4, 0.5) is 0 Å². The highest BCUT2D eigenvalue weighted by atomic mass is 32.2. The topological polar surface area (TPSA) is 38.3 Å². The van der Waals surface area contributed by atoms with E-state index in [1.165, 1.54) is 11.1 Å². The van der Waals surface area contributed by atoms with Crippen molar-refractivity contribution >= 4 is 10.8 Å². The van der Waals surface area contributed by atoms with Crippen molar-refractivity contribution in [3.63, 3.8) is 0 Å². The molecule has 0 aliphatic rings. The Balaban J connectivity index is 2.76. The molecule has 21 heavy (non-hydrogen) atoms. The molecule has 0 saturated carbocycles. The van der Waals surface area contributed by atoms with Crippen LogP contribution < -0.4 is 5.32 Å². The summed E-state index contributed by atoms with van der Waals surface area (Å²) in [6.45, 7) is 7.87. The number of methoxy groups -OCH3 is 1. The molecule has 0 amide bonds. The first-order valence-corrected chi connectivity index (χ1v) is 9.20. The van der Waals surface area contributed by atoms with Gasteiger partial charge < -0.3 is 10.1 Å². The summed E-state index contributed by atoms with van der Waals surface area (Å²) < 4.78 is 17.5. The molecular weight excluding hydrogens is 282 g/mol. The van der Waals surface area contributed by atoms with Gasteiger partial charge in [0.15, 0.2) is 0 Å². The van der Waals surface area contributed by atoms with Gasteiger partial charge in [0.25, 0.3) is 0 Å². The van der Waals surface area contributed by atoms with E-state index in [1.807, 2.05) is 0 Å². The monoisotopic (exact) mass is 311 g/mol. The van der Waals surface area contributed by atoms with Crippen molar-refractivity contribution in [3.8, 4) is 0 Å². The van der Waals surface area contributed by atoms with Crippen molar-refractivity contribution in [1.29, 1.82) is 0 Å². The van der Waals surface area contributed by atoms with E-state index >= 15 is 0 Å². The maximum absolute atomic E-state index is 12.4. The number of ether oxygens (including phenoxy) is 1. The van der Waals surface area contributed by atoms with E-state index in [-0.39, 0.29) is 11.3 Å². The molecule has 4 heteroatoms. The summed E-state index contributed by atoms with van der Waals surface area (Å²) in [4.78, 5) is 0. The van der Waals surface area contributed by atoms with E-state index in [2.05, 4.69) is 50.4 Å². The Morgan fingerprint density at radius 1 is 1.24 bits per heavy atom. The minimum Gasteiger partial charge on any atom is -0.385 e. The van der Waals surface area contributed by atoms with Gasteiger partial charge in [0.1, 0.15) is 0 Å². The van der Waals surface area contributed by atoms with E-state index in [0.717, 1.165) is 19.4 Å². The van der Waals surface area contributed by atoms with Crippen LogP contribution in [0.25, 0.3) is 0 Å². The fourth-order valence-electron chi connectivity index (χ4n) is 2.42. The van der Waals surface area contributed by atoms with Crippen LogP contribution in [0.1, 0.15) is 44.4 Å². The molecule has 1 aromatic rings. The second-order valence-electron chi connectivity index (χ2n) is 5.27. The van der Waals surface area contributed by atoms with Gasteiger partial charge in [-0.05, 0) is 37.4 Å². The number of nitrogens with one attached hydrogen (secondary N) is 1. The van der Waals surface area contributed by atoms with Gasteiger partial charge in [-0.25, -0.2) is 0 Å².